The number of non-ortho nitro benzene ring substituents is 1. The molecule has 4 rings (SSSR count). The number of aromatic nitrogens is 3. The molecular formula is C23H18ClN5O4S. The minimum atomic E-state index is -0.717. The van der Waals surface area contributed by atoms with E-state index in [0.717, 1.165) is 11.3 Å². The van der Waals surface area contributed by atoms with E-state index >= 15 is 0 Å². The molecule has 0 bridgehead atoms. The summed E-state index contributed by atoms with van der Waals surface area (Å²) in [5.41, 5.74) is 1.56. The summed E-state index contributed by atoms with van der Waals surface area (Å²) in [6.45, 7) is 0. The maximum absolute atomic E-state index is 13.4. The van der Waals surface area contributed by atoms with Crippen LogP contribution in [0.4, 0.5) is 11.4 Å². The number of thioether (sulfide) groups is 1. The highest BCUT2D eigenvalue weighted by Crippen LogP contribution is 2.38. The molecule has 0 saturated carbocycles. The van der Waals surface area contributed by atoms with E-state index in [2.05, 4.69) is 15.5 Å². The number of anilines is 1. The van der Waals surface area contributed by atoms with E-state index < -0.39 is 10.2 Å². The van der Waals surface area contributed by atoms with E-state index in [1.165, 1.54) is 30.0 Å². The van der Waals surface area contributed by atoms with Crippen molar-refractivity contribution in [2.45, 2.75) is 10.4 Å². The number of nitrogens with zero attached hydrogens (tertiary/aromatic N) is 4. The van der Waals surface area contributed by atoms with Crippen LogP contribution in [0.2, 0.25) is 5.02 Å². The fourth-order valence-electron chi connectivity index (χ4n) is 3.22. The van der Waals surface area contributed by atoms with Gasteiger partial charge in [0.1, 0.15) is 17.3 Å². The number of hydrogen-bond acceptors (Lipinski definition) is 7. The molecule has 34 heavy (non-hydrogen) atoms. The van der Waals surface area contributed by atoms with Gasteiger partial charge >= 0.3 is 0 Å². The third-order valence-corrected chi connectivity index (χ3v) is 6.37. The van der Waals surface area contributed by atoms with Crippen molar-refractivity contribution < 1.29 is 14.5 Å². The summed E-state index contributed by atoms with van der Waals surface area (Å²) in [7, 11) is 1.57. The van der Waals surface area contributed by atoms with Crippen molar-refractivity contribution in [2.24, 2.45) is 0 Å². The van der Waals surface area contributed by atoms with E-state index in [-0.39, 0.29) is 22.3 Å². The van der Waals surface area contributed by atoms with Gasteiger partial charge in [-0.3, -0.25) is 19.5 Å². The largest absolute Gasteiger partial charge is 0.495 e. The number of rotatable bonds is 8. The van der Waals surface area contributed by atoms with Crippen LogP contribution in [0.25, 0.3) is 5.69 Å². The maximum Gasteiger partial charge on any atom is 0.271 e. The van der Waals surface area contributed by atoms with Crippen LogP contribution in [0.1, 0.15) is 10.8 Å². The first kappa shape index (κ1) is 23.3. The van der Waals surface area contributed by atoms with Gasteiger partial charge in [0.15, 0.2) is 5.16 Å². The summed E-state index contributed by atoms with van der Waals surface area (Å²) in [5.74, 6) is 0.254. The molecule has 172 valence electrons. The molecule has 0 saturated heterocycles. The molecule has 3 aromatic carbocycles. The van der Waals surface area contributed by atoms with Crippen LogP contribution >= 0.6 is 23.4 Å². The normalized spacial score (nSPS) is 11.6. The Morgan fingerprint density at radius 1 is 1.15 bits per heavy atom. The van der Waals surface area contributed by atoms with Crippen molar-refractivity contribution in [1.82, 2.24) is 14.8 Å². The number of nitro groups is 1. The Bertz CT molecular complexity index is 1330. The highest BCUT2D eigenvalue weighted by molar-refractivity contribution is 8.00. The molecule has 9 nitrogen and oxygen atoms in total. The second-order valence-electron chi connectivity index (χ2n) is 6.97. The smallest absolute Gasteiger partial charge is 0.271 e. The molecule has 0 aliphatic carbocycles. The average Bonchev–Trinajstić information content (AvgIpc) is 3.32. The summed E-state index contributed by atoms with van der Waals surface area (Å²) in [5, 5.41) is 21.8. The summed E-state index contributed by atoms with van der Waals surface area (Å²) in [4.78, 5) is 23.8. The van der Waals surface area contributed by atoms with Gasteiger partial charge in [-0.1, -0.05) is 65.8 Å². The molecule has 1 amide bonds. The van der Waals surface area contributed by atoms with Crippen molar-refractivity contribution >= 4 is 40.6 Å². The van der Waals surface area contributed by atoms with Crippen molar-refractivity contribution in [3.63, 3.8) is 0 Å². The lowest BCUT2D eigenvalue weighted by molar-refractivity contribution is -0.384. The number of ether oxygens (including phenoxy) is 1. The molecule has 1 N–H and O–H groups in total. The van der Waals surface area contributed by atoms with Crippen LogP contribution in [-0.4, -0.2) is 32.7 Å². The molecule has 1 aromatic heterocycles. The molecule has 1 unspecified atom stereocenters. The Hall–Kier alpha value is -3.89. The SMILES string of the molecule is COc1ccccc1-n1cnnc1SC(C(=O)Nc1ccc([N+](=O)[O-])cc1Cl)c1ccccc1. The van der Waals surface area contributed by atoms with E-state index in [0.29, 0.717) is 10.9 Å². The van der Waals surface area contributed by atoms with Crippen molar-refractivity contribution in [1.29, 1.82) is 0 Å². The second kappa shape index (κ2) is 10.4. The zero-order valence-electron chi connectivity index (χ0n) is 17.8. The lowest BCUT2D eigenvalue weighted by atomic mass is 10.1. The van der Waals surface area contributed by atoms with Gasteiger partial charge in [0.05, 0.1) is 28.4 Å². The molecule has 0 aliphatic heterocycles. The molecule has 0 fully saturated rings. The Labute approximate surface area is 203 Å². The maximum atomic E-state index is 13.4. The number of methoxy groups -OCH3 is 1. The van der Waals surface area contributed by atoms with Crippen LogP contribution in [-0.2, 0) is 4.79 Å². The zero-order chi connectivity index (χ0) is 24.1. The fourth-order valence-corrected chi connectivity index (χ4v) is 4.47. The summed E-state index contributed by atoms with van der Waals surface area (Å²) < 4.78 is 7.19. The molecule has 11 heteroatoms. The Kier molecular flexibility index (Phi) is 7.09. The van der Waals surface area contributed by atoms with E-state index in [1.54, 1.807) is 18.0 Å². The Morgan fingerprint density at radius 3 is 2.59 bits per heavy atom. The van der Waals surface area contributed by atoms with Crippen molar-refractivity contribution in [3.8, 4) is 11.4 Å². The van der Waals surface area contributed by atoms with Gasteiger partial charge in [-0.2, -0.15) is 0 Å². The number of carbonyl (C=O) groups excluding carboxylic acids is 1. The van der Waals surface area contributed by atoms with Gasteiger partial charge in [0.25, 0.3) is 5.69 Å². The number of halogens is 1. The van der Waals surface area contributed by atoms with Gasteiger partial charge in [-0.25, -0.2) is 0 Å². The van der Waals surface area contributed by atoms with E-state index in [4.69, 9.17) is 16.3 Å². The number of nitrogens with one attached hydrogen (secondary N) is 1. The number of benzene rings is 3. The van der Waals surface area contributed by atoms with Gasteiger partial charge in [-0.15, -0.1) is 10.2 Å². The quantitative estimate of drug-likeness (QED) is 0.200. The predicted molar refractivity (Wildman–Crippen MR) is 130 cm³/mol. The topological polar surface area (TPSA) is 112 Å². The minimum absolute atomic E-state index is 0.0663. The van der Waals surface area contributed by atoms with Crippen molar-refractivity contribution in [2.75, 3.05) is 12.4 Å². The monoisotopic (exact) mass is 495 g/mol. The summed E-state index contributed by atoms with van der Waals surface area (Å²) in [6.07, 6.45) is 1.55. The molecule has 0 radical (unpaired) electrons. The van der Waals surface area contributed by atoms with Crippen LogP contribution in [0.5, 0.6) is 5.75 Å². The first-order valence-corrected chi connectivity index (χ1v) is 11.2. The molecule has 4 aromatic rings. The highest BCUT2D eigenvalue weighted by Gasteiger charge is 2.26. The number of amides is 1. The standard InChI is InChI=1S/C23H18ClN5O4S/c1-33-20-10-6-5-9-19(20)28-14-25-27-23(28)34-21(15-7-3-2-4-8-15)22(30)26-18-12-11-16(29(31)32)13-17(18)24/h2-14,21H,1H3,(H,26,30). The highest BCUT2D eigenvalue weighted by atomic mass is 35.5. The van der Waals surface area contributed by atoms with Gasteiger partial charge < -0.3 is 10.1 Å². The van der Waals surface area contributed by atoms with Crippen molar-refractivity contribution in [3.05, 3.63) is 99.8 Å². The third kappa shape index (κ3) is 5.03. The molecule has 0 aliphatic rings. The lowest BCUT2D eigenvalue weighted by Crippen LogP contribution is -2.19. The second-order valence-corrected chi connectivity index (χ2v) is 8.45. The van der Waals surface area contributed by atoms with Crippen LogP contribution in [0, 0.1) is 10.1 Å². The third-order valence-electron chi connectivity index (χ3n) is 4.85. The van der Waals surface area contributed by atoms with Gasteiger partial charge in [0.2, 0.25) is 5.91 Å². The van der Waals surface area contributed by atoms with E-state index in [9.17, 15) is 14.9 Å². The zero-order valence-corrected chi connectivity index (χ0v) is 19.4. The number of nitro benzene ring substituents is 1. The fraction of sp³-hybridized carbons (Fsp3) is 0.0870. The van der Waals surface area contributed by atoms with E-state index in [1.807, 2.05) is 54.6 Å². The number of carbonyl (C=O) groups is 1. The predicted octanol–water partition coefficient (Wildman–Crippen LogP) is 5.31. The molecule has 0 spiro atoms. The summed E-state index contributed by atoms with van der Waals surface area (Å²) >= 11 is 7.38. The lowest BCUT2D eigenvalue weighted by Gasteiger charge is -2.18. The summed E-state index contributed by atoms with van der Waals surface area (Å²) in [6, 6.07) is 20.5. The van der Waals surface area contributed by atoms with Crippen LogP contribution in [0.3, 0.4) is 0 Å². The van der Waals surface area contributed by atoms with Gasteiger partial charge in [0, 0.05) is 12.1 Å². The Balaban J connectivity index is 1.66. The first-order valence-electron chi connectivity index (χ1n) is 9.97. The molecular weight excluding hydrogens is 478 g/mol. The number of para-hydroxylation sites is 2. The molecule has 1 atom stereocenters. The van der Waals surface area contributed by atoms with Crippen LogP contribution < -0.4 is 10.1 Å². The number of hydrogen-bond donors (Lipinski definition) is 1. The average molecular weight is 496 g/mol. The van der Waals surface area contributed by atoms with Gasteiger partial charge in [-0.05, 0) is 23.8 Å². The van der Waals surface area contributed by atoms with Crippen LogP contribution in [0.15, 0.2) is 84.3 Å². The Morgan fingerprint density at radius 2 is 1.88 bits per heavy atom. The molecule has 1 heterocycles. The minimum Gasteiger partial charge on any atom is -0.495 e. The first-order chi connectivity index (χ1) is 16.5.